The lowest BCUT2D eigenvalue weighted by Crippen LogP contribution is -2.39. The third kappa shape index (κ3) is 2.27. The number of hydrogen-bond acceptors (Lipinski definition) is 2. The Labute approximate surface area is 125 Å². The summed E-state index contributed by atoms with van der Waals surface area (Å²) in [6.45, 7) is 4.20. The molecule has 1 saturated heterocycles. The van der Waals surface area contributed by atoms with Crippen molar-refractivity contribution in [3.63, 3.8) is 0 Å². The van der Waals surface area contributed by atoms with E-state index in [4.69, 9.17) is 0 Å². The largest absolute Gasteiger partial charge is 0.506 e. The van der Waals surface area contributed by atoms with Crippen LogP contribution in [0.25, 0.3) is 10.8 Å². The highest BCUT2D eigenvalue weighted by Gasteiger charge is 2.34. The zero-order valence-corrected chi connectivity index (χ0v) is 12.5. The van der Waals surface area contributed by atoms with Crippen LogP contribution in [-0.4, -0.2) is 28.0 Å². The lowest BCUT2D eigenvalue weighted by atomic mass is 10.0. The SMILES string of the molecule is CCC1CCC(C)N1C(=O)c1ccc2ccccc2c1O. The molecule has 1 fully saturated rings. The van der Waals surface area contributed by atoms with Crippen LogP contribution in [0.1, 0.15) is 43.5 Å². The highest BCUT2D eigenvalue weighted by Crippen LogP contribution is 2.33. The molecule has 1 N–H and O–H groups in total. The predicted octanol–water partition coefficient (Wildman–Crippen LogP) is 3.95. The second-order valence-electron chi connectivity index (χ2n) is 5.88. The molecule has 1 aliphatic rings. The number of hydrogen-bond donors (Lipinski definition) is 1. The quantitative estimate of drug-likeness (QED) is 0.906. The molecular formula is C18H21NO2. The first-order valence-electron chi connectivity index (χ1n) is 7.66. The van der Waals surface area contributed by atoms with E-state index in [-0.39, 0.29) is 17.7 Å². The van der Waals surface area contributed by atoms with Gasteiger partial charge in [0, 0.05) is 17.5 Å². The van der Waals surface area contributed by atoms with Gasteiger partial charge in [-0.2, -0.15) is 0 Å². The van der Waals surface area contributed by atoms with E-state index in [1.807, 2.05) is 35.2 Å². The summed E-state index contributed by atoms with van der Waals surface area (Å²) in [5, 5.41) is 12.2. The number of nitrogens with zero attached hydrogens (tertiary/aromatic N) is 1. The third-order valence-electron chi connectivity index (χ3n) is 4.62. The minimum absolute atomic E-state index is 0.0462. The first-order valence-corrected chi connectivity index (χ1v) is 7.66. The molecule has 3 heteroatoms. The van der Waals surface area contributed by atoms with Crippen LogP contribution in [0.15, 0.2) is 36.4 Å². The number of likely N-dealkylation sites (tertiary alicyclic amines) is 1. The number of carbonyl (C=O) groups is 1. The minimum Gasteiger partial charge on any atom is -0.506 e. The normalized spacial score (nSPS) is 21.9. The number of phenols is 1. The van der Waals surface area contributed by atoms with Crippen molar-refractivity contribution >= 4 is 16.7 Å². The van der Waals surface area contributed by atoms with Crippen molar-refractivity contribution in [2.75, 3.05) is 0 Å². The van der Waals surface area contributed by atoms with Crippen molar-refractivity contribution in [1.82, 2.24) is 4.90 Å². The van der Waals surface area contributed by atoms with Gasteiger partial charge in [0.2, 0.25) is 0 Å². The van der Waals surface area contributed by atoms with E-state index >= 15 is 0 Å². The van der Waals surface area contributed by atoms with E-state index < -0.39 is 0 Å². The summed E-state index contributed by atoms with van der Waals surface area (Å²) in [4.78, 5) is 14.8. The number of carbonyl (C=O) groups excluding carboxylic acids is 1. The molecule has 21 heavy (non-hydrogen) atoms. The molecule has 3 rings (SSSR count). The summed E-state index contributed by atoms with van der Waals surface area (Å²) in [5.41, 5.74) is 0.418. The molecule has 1 heterocycles. The van der Waals surface area contributed by atoms with Crippen LogP contribution in [0, 0.1) is 0 Å². The molecule has 3 nitrogen and oxygen atoms in total. The number of phenolic OH excluding ortho intramolecular Hbond substituents is 1. The molecule has 0 bridgehead atoms. The van der Waals surface area contributed by atoms with E-state index in [1.54, 1.807) is 6.07 Å². The molecule has 0 spiro atoms. The Hall–Kier alpha value is -2.03. The lowest BCUT2D eigenvalue weighted by Gasteiger charge is -2.28. The van der Waals surface area contributed by atoms with E-state index in [2.05, 4.69) is 13.8 Å². The first-order chi connectivity index (χ1) is 10.1. The zero-order chi connectivity index (χ0) is 15.0. The fourth-order valence-electron chi connectivity index (χ4n) is 3.41. The van der Waals surface area contributed by atoms with Crippen molar-refractivity contribution in [3.05, 3.63) is 42.0 Å². The zero-order valence-electron chi connectivity index (χ0n) is 12.5. The Morgan fingerprint density at radius 1 is 1.24 bits per heavy atom. The van der Waals surface area contributed by atoms with Crippen molar-refractivity contribution in [1.29, 1.82) is 0 Å². The summed E-state index contributed by atoms with van der Waals surface area (Å²) in [5.74, 6) is 0.0576. The number of fused-ring (bicyclic) bond motifs is 1. The Morgan fingerprint density at radius 3 is 2.76 bits per heavy atom. The van der Waals surface area contributed by atoms with Gasteiger partial charge in [0.1, 0.15) is 5.75 Å². The fraction of sp³-hybridized carbons (Fsp3) is 0.389. The molecule has 0 aromatic heterocycles. The van der Waals surface area contributed by atoms with Gasteiger partial charge in [-0.1, -0.05) is 37.3 Å². The van der Waals surface area contributed by atoms with E-state index in [0.717, 1.165) is 30.0 Å². The predicted molar refractivity (Wildman–Crippen MR) is 84.6 cm³/mol. The van der Waals surface area contributed by atoms with Gasteiger partial charge in [0.05, 0.1) is 5.56 Å². The van der Waals surface area contributed by atoms with Crippen molar-refractivity contribution < 1.29 is 9.90 Å². The molecule has 1 amide bonds. The van der Waals surface area contributed by atoms with Gasteiger partial charge in [-0.3, -0.25) is 4.79 Å². The van der Waals surface area contributed by atoms with Crippen LogP contribution in [0.2, 0.25) is 0 Å². The summed E-state index contributed by atoms with van der Waals surface area (Å²) in [6, 6.07) is 11.8. The molecule has 2 aromatic carbocycles. The van der Waals surface area contributed by atoms with Gasteiger partial charge in [0.15, 0.2) is 0 Å². The summed E-state index contributed by atoms with van der Waals surface area (Å²) >= 11 is 0. The molecule has 2 aromatic rings. The average Bonchev–Trinajstić information content (AvgIpc) is 2.88. The minimum atomic E-state index is -0.0462. The van der Waals surface area contributed by atoms with Crippen LogP contribution in [0.4, 0.5) is 0 Å². The van der Waals surface area contributed by atoms with Crippen LogP contribution in [0.3, 0.4) is 0 Å². The standard InChI is InChI=1S/C18H21NO2/c1-3-14-10-8-12(2)19(14)18(21)16-11-9-13-6-4-5-7-15(13)17(16)20/h4-7,9,11-12,14,20H,3,8,10H2,1-2H3. The maximum Gasteiger partial charge on any atom is 0.258 e. The molecule has 2 unspecified atom stereocenters. The number of aromatic hydroxyl groups is 1. The van der Waals surface area contributed by atoms with Gasteiger partial charge in [-0.15, -0.1) is 0 Å². The van der Waals surface area contributed by atoms with Crippen molar-refractivity contribution in [2.45, 2.75) is 45.2 Å². The van der Waals surface area contributed by atoms with E-state index in [9.17, 15) is 9.90 Å². The molecule has 1 aliphatic heterocycles. The van der Waals surface area contributed by atoms with E-state index in [1.165, 1.54) is 0 Å². The third-order valence-corrected chi connectivity index (χ3v) is 4.62. The Morgan fingerprint density at radius 2 is 2.00 bits per heavy atom. The second-order valence-corrected chi connectivity index (χ2v) is 5.88. The maximum atomic E-state index is 12.9. The van der Waals surface area contributed by atoms with Gasteiger partial charge in [-0.25, -0.2) is 0 Å². The highest BCUT2D eigenvalue weighted by atomic mass is 16.3. The summed E-state index contributed by atoms with van der Waals surface area (Å²) < 4.78 is 0. The molecule has 110 valence electrons. The average molecular weight is 283 g/mol. The molecule has 0 radical (unpaired) electrons. The highest BCUT2D eigenvalue weighted by molar-refractivity contribution is 6.03. The van der Waals surface area contributed by atoms with Gasteiger partial charge < -0.3 is 10.0 Å². The molecule has 2 atom stereocenters. The van der Waals surface area contributed by atoms with Gasteiger partial charge >= 0.3 is 0 Å². The Kier molecular flexibility index (Phi) is 3.58. The maximum absolute atomic E-state index is 12.9. The molecule has 0 saturated carbocycles. The Balaban J connectivity index is 2.03. The molecule has 0 aliphatic carbocycles. The van der Waals surface area contributed by atoms with Crippen molar-refractivity contribution in [2.24, 2.45) is 0 Å². The lowest BCUT2D eigenvalue weighted by molar-refractivity contribution is 0.0673. The topological polar surface area (TPSA) is 40.5 Å². The fourth-order valence-corrected chi connectivity index (χ4v) is 3.41. The van der Waals surface area contributed by atoms with Crippen LogP contribution in [0.5, 0.6) is 5.75 Å². The number of benzene rings is 2. The van der Waals surface area contributed by atoms with Gasteiger partial charge in [-0.05, 0) is 37.6 Å². The van der Waals surface area contributed by atoms with Crippen molar-refractivity contribution in [3.8, 4) is 5.75 Å². The van der Waals surface area contributed by atoms with Crippen LogP contribution in [-0.2, 0) is 0 Å². The summed E-state index contributed by atoms with van der Waals surface area (Å²) in [6.07, 6.45) is 3.06. The first kappa shape index (κ1) is 13.9. The number of amides is 1. The smallest absolute Gasteiger partial charge is 0.258 e. The monoisotopic (exact) mass is 283 g/mol. The second kappa shape index (κ2) is 5.40. The van der Waals surface area contributed by atoms with Crippen LogP contribution >= 0.6 is 0 Å². The summed E-state index contributed by atoms with van der Waals surface area (Å²) in [7, 11) is 0. The van der Waals surface area contributed by atoms with Gasteiger partial charge in [0.25, 0.3) is 5.91 Å². The molecular weight excluding hydrogens is 262 g/mol. The Bertz CT molecular complexity index is 680. The number of rotatable bonds is 2. The van der Waals surface area contributed by atoms with E-state index in [0.29, 0.717) is 11.6 Å². The van der Waals surface area contributed by atoms with Crippen LogP contribution < -0.4 is 0 Å².